The van der Waals surface area contributed by atoms with Crippen molar-refractivity contribution in [3.63, 3.8) is 0 Å². The Morgan fingerprint density at radius 2 is 1.84 bits per heavy atom. The van der Waals surface area contributed by atoms with E-state index in [0.29, 0.717) is 10.9 Å². The normalized spacial score (nSPS) is 10.8. The summed E-state index contributed by atoms with van der Waals surface area (Å²) in [7, 11) is 0. The molecule has 4 rings (SSSR count). The number of nitrogens with one attached hydrogen (secondary N) is 1. The Morgan fingerprint density at radius 1 is 1.06 bits per heavy atom. The van der Waals surface area contributed by atoms with Gasteiger partial charge in [-0.3, -0.25) is 14.2 Å². The molecule has 0 amide bonds. The number of aryl methyl sites for hydroxylation is 2. The van der Waals surface area contributed by atoms with Gasteiger partial charge in [0.15, 0.2) is 12.4 Å². The summed E-state index contributed by atoms with van der Waals surface area (Å²) in [5.41, 5.74) is 8.77. The van der Waals surface area contributed by atoms with Crippen molar-refractivity contribution in [2.45, 2.75) is 27.0 Å². The Labute approximate surface area is 183 Å². The van der Waals surface area contributed by atoms with Crippen LogP contribution in [-0.2, 0) is 22.7 Å². The smallest absolute Gasteiger partial charge is 0.326 e. The Bertz CT molecular complexity index is 1370. The van der Waals surface area contributed by atoms with Gasteiger partial charge in [-0.2, -0.15) is 15.0 Å². The highest BCUT2D eigenvalue weighted by Crippen LogP contribution is 2.18. The minimum absolute atomic E-state index is 0.00699. The molecule has 0 aliphatic heterocycles. The van der Waals surface area contributed by atoms with Crippen molar-refractivity contribution < 1.29 is 9.53 Å². The topological polar surface area (TPSA) is 138 Å². The van der Waals surface area contributed by atoms with E-state index in [9.17, 15) is 9.59 Å². The Hall–Kier alpha value is -4.34. The monoisotopic (exact) mass is 431 g/mol. The number of nitrogens with two attached hydrogens (primary N) is 1. The maximum Gasteiger partial charge on any atom is 0.326 e. The molecule has 0 saturated heterocycles. The third kappa shape index (κ3) is 4.53. The molecule has 0 spiro atoms. The summed E-state index contributed by atoms with van der Waals surface area (Å²) >= 11 is 0. The SMILES string of the molecule is Cc1ccccc1Nc1nc(N)nc(COC(=O)Cn2cnc3c(C)cccc3c2=O)n1. The average molecular weight is 431 g/mol. The fraction of sp³-hybridized carbons (Fsp3) is 0.182. The first kappa shape index (κ1) is 20.9. The van der Waals surface area contributed by atoms with E-state index in [4.69, 9.17) is 10.5 Å². The van der Waals surface area contributed by atoms with E-state index < -0.39 is 5.97 Å². The lowest BCUT2D eigenvalue weighted by Gasteiger charge is -2.10. The second-order valence-electron chi connectivity index (χ2n) is 7.18. The van der Waals surface area contributed by atoms with E-state index in [1.54, 1.807) is 12.1 Å². The van der Waals surface area contributed by atoms with Gasteiger partial charge in [-0.15, -0.1) is 0 Å². The standard InChI is InChI=1S/C22H21N7O3/c1-13-6-3-4-9-16(13)25-22-27-17(26-21(23)28-22)11-32-18(30)10-29-12-24-19-14(2)7-5-8-15(19)20(29)31/h3-9,12H,10-11H2,1-2H3,(H3,23,25,26,27,28). The van der Waals surface area contributed by atoms with Crippen LogP contribution in [0, 0.1) is 13.8 Å². The molecule has 0 saturated carbocycles. The van der Waals surface area contributed by atoms with Gasteiger partial charge in [0.2, 0.25) is 11.9 Å². The summed E-state index contributed by atoms with van der Waals surface area (Å²) in [5, 5.41) is 3.52. The predicted octanol–water partition coefficient (Wildman–Crippen LogP) is 2.27. The van der Waals surface area contributed by atoms with Crippen LogP contribution in [0.2, 0.25) is 0 Å². The summed E-state index contributed by atoms with van der Waals surface area (Å²) in [4.78, 5) is 41.5. The van der Waals surface area contributed by atoms with Crippen LogP contribution in [0.3, 0.4) is 0 Å². The zero-order chi connectivity index (χ0) is 22.7. The molecule has 0 fully saturated rings. The number of benzene rings is 2. The first-order valence-electron chi connectivity index (χ1n) is 9.84. The molecule has 0 aliphatic carbocycles. The maximum absolute atomic E-state index is 12.6. The summed E-state index contributed by atoms with van der Waals surface area (Å²) in [5.74, 6) is -0.217. The second-order valence-corrected chi connectivity index (χ2v) is 7.18. The predicted molar refractivity (Wildman–Crippen MR) is 119 cm³/mol. The number of aromatic nitrogens is 5. The number of nitrogens with zero attached hydrogens (tertiary/aromatic N) is 5. The number of anilines is 3. The van der Waals surface area contributed by atoms with Gasteiger partial charge in [0.05, 0.1) is 17.2 Å². The molecule has 2 heterocycles. The van der Waals surface area contributed by atoms with Crippen LogP contribution in [0.15, 0.2) is 53.6 Å². The number of carbonyl (C=O) groups excluding carboxylic acids is 1. The van der Waals surface area contributed by atoms with E-state index in [0.717, 1.165) is 16.8 Å². The largest absolute Gasteiger partial charge is 0.456 e. The van der Waals surface area contributed by atoms with Crippen LogP contribution in [-0.4, -0.2) is 30.5 Å². The molecule has 10 heteroatoms. The Kier molecular flexibility index (Phi) is 5.75. The molecule has 3 N–H and O–H groups in total. The number of carbonyl (C=O) groups is 1. The zero-order valence-corrected chi connectivity index (χ0v) is 17.6. The molecule has 2 aromatic heterocycles. The fourth-order valence-corrected chi connectivity index (χ4v) is 3.17. The Balaban J connectivity index is 1.45. The minimum atomic E-state index is -0.631. The van der Waals surface area contributed by atoms with Gasteiger partial charge in [-0.25, -0.2) is 4.98 Å². The highest BCUT2D eigenvalue weighted by Gasteiger charge is 2.12. The Morgan fingerprint density at radius 3 is 2.66 bits per heavy atom. The highest BCUT2D eigenvalue weighted by atomic mass is 16.5. The summed E-state index contributed by atoms with van der Waals surface area (Å²) in [6.45, 7) is 3.31. The number of hydrogen-bond acceptors (Lipinski definition) is 9. The van der Waals surface area contributed by atoms with Crippen molar-refractivity contribution in [2.75, 3.05) is 11.1 Å². The van der Waals surface area contributed by atoms with Crippen molar-refractivity contribution in [2.24, 2.45) is 0 Å². The lowest BCUT2D eigenvalue weighted by Crippen LogP contribution is -2.26. The van der Waals surface area contributed by atoms with Gasteiger partial charge in [0, 0.05) is 5.69 Å². The van der Waals surface area contributed by atoms with Crippen molar-refractivity contribution in [3.8, 4) is 0 Å². The van der Waals surface area contributed by atoms with Gasteiger partial charge in [0.25, 0.3) is 5.56 Å². The first-order valence-corrected chi connectivity index (χ1v) is 9.84. The highest BCUT2D eigenvalue weighted by molar-refractivity contribution is 5.80. The van der Waals surface area contributed by atoms with E-state index in [1.165, 1.54) is 10.9 Å². The maximum atomic E-state index is 12.6. The molecular formula is C22H21N7O3. The van der Waals surface area contributed by atoms with Gasteiger partial charge >= 0.3 is 5.97 Å². The van der Waals surface area contributed by atoms with Crippen LogP contribution >= 0.6 is 0 Å². The second kappa shape index (κ2) is 8.80. The van der Waals surface area contributed by atoms with E-state index in [-0.39, 0.29) is 36.4 Å². The molecule has 162 valence electrons. The molecular weight excluding hydrogens is 410 g/mol. The van der Waals surface area contributed by atoms with E-state index in [1.807, 2.05) is 44.2 Å². The number of rotatable bonds is 6. The number of nitrogen functional groups attached to an aromatic ring is 1. The first-order chi connectivity index (χ1) is 15.4. The lowest BCUT2D eigenvalue weighted by atomic mass is 10.1. The molecule has 10 nitrogen and oxygen atoms in total. The van der Waals surface area contributed by atoms with Crippen molar-refractivity contribution >= 4 is 34.5 Å². The minimum Gasteiger partial charge on any atom is -0.456 e. The third-order valence-corrected chi connectivity index (χ3v) is 4.81. The lowest BCUT2D eigenvalue weighted by molar-refractivity contribution is -0.146. The van der Waals surface area contributed by atoms with E-state index >= 15 is 0 Å². The summed E-state index contributed by atoms with van der Waals surface area (Å²) in [6, 6.07) is 13.0. The number of ether oxygens (including phenoxy) is 1. The quantitative estimate of drug-likeness (QED) is 0.440. The van der Waals surface area contributed by atoms with Crippen LogP contribution in [0.4, 0.5) is 17.6 Å². The van der Waals surface area contributed by atoms with E-state index in [2.05, 4.69) is 25.3 Å². The number of para-hydroxylation sites is 2. The molecule has 4 aromatic rings. The van der Waals surface area contributed by atoms with Crippen LogP contribution in [0.1, 0.15) is 17.0 Å². The van der Waals surface area contributed by atoms with Gasteiger partial charge in [0.1, 0.15) is 6.54 Å². The van der Waals surface area contributed by atoms with Crippen LogP contribution in [0.25, 0.3) is 10.9 Å². The molecule has 0 radical (unpaired) electrons. The number of fused-ring (bicyclic) bond motifs is 1. The van der Waals surface area contributed by atoms with Gasteiger partial charge in [-0.05, 0) is 37.1 Å². The third-order valence-electron chi connectivity index (χ3n) is 4.81. The van der Waals surface area contributed by atoms with Crippen molar-refractivity contribution in [1.29, 1.82) is 0 Å². The van der Waals surface area contributed by atoms with Crippen molar-refractivity contribution in [1.82, 2.24) is 24.5 Å². The zero-order valence-electron chi connectivity index (χ0n) is 17.6. The average Bonchev–Trinajstić information content (AvgIpc) is 2.76. The molecule has 32 heavy (non-hydrogen) atoms. The van der Waals surface area contributed by atoms with Crippen molar-refractivity contribution in [3.05, 3.63) is 76.1 Å². The summed E-state index contributed by atoms with van der Waals surface area (Å²) < 4.78 is 6.45. The molecule has 2 aromatic carbocycles. The van der Waals surface area contributed by atoms with Crippen LogP contribution in [0.5, 0.6) is 0 Å². The molecule has 0 bridgehead atoms. The molecule has 0 aliphatic rings. The van der Waals surface area contributed by atoms with Crippen LogP contribution < -0.4 is 16.6 Å². The fourth-order valence-electron chi connectivity index (χ4n) is 3.17. The molecule has 0 unspecified atom stereocenters. The summed E-state index contributed by atoms with van der Waals surface area (Å²) in [6.07, 6.45) is 1.34. The number of hydrogen-bond donors (Lipinski definition) is 2. The number of esters is 1. The van der Waals surface area contributed by atoms with Gasteiger partial charge < -0.3 is 15.8 Å². The van der Waals surface area contributed by atoms with Gasteiger partial charge in [-0.1, -0.05) is 30.3 Å². The molecule has 0 atom stereocenters.